The summed E-state index contributed by atoms with van der Waals surface area (Å²) in [6.07, 6.45) is 4.16. The number of halogens is 1. The SMILES string of the molecule is CCOC(=O)N1[C@H]2C=CC(=O)[C@](OCc3ccc(Cl)cc3)(C=C2)N1C(=O)OCC. The lowest BCUT2D eigenvalue weighted by Gasteiger charge is -2.46. The third-order valence-electron chi connectivity index (χ3n) is 4.40. The van der Waals surface area contributed by atoms with Crippen molar-refractivity contribution in [2.45, 2.75) is 32.2 Å². The summed E-state index contributed by atoms with van der Waals surface area (Å²) in [4.78, 5) is 38.4. The fourth-order valence-electron chi connectivity index (χ4n) is 3.07. The van der Waals surface area contributed by atoms with Crippen molar-refractivity contribution in [3.8, 4) is 0 Å². The van der Waals surface area contributed by atoms with Crippen LogP contribution < -0.4 is 0 Å². The highest BCUT2D eigenvalue weighted by Crippen LogP contribution is 2.35. The second-order valence-corrected chi connectivity index (χ2v) is 6.68. The van der Waals surface area contributed by atoms with Gasteiger partial charge in [-0.05, 0) is 43.7 Å². The molecule has 8 nitrogen and oxygen atoms in total. The third-order valence-corrected chi connectivity index (χ3v) is 4.65. The van der Waals surface area contributed by atoms with E-state index < -0.39 is 29.7 Å². The fraction of sp³-hybridized carbons (Fsp3) is 0.350. The Morgan fingerprint density at radius 2 is 1.72 bits per heavy atom. The zero-order valence-electron chi connectivity index (χ0n) is 16.0. The summed E-state index contributed by atoms with van der Waals surface area (Å²) in [6, 6.07) is 6.16. The molecule has 2 bridgehead atoms. The molecule has 3 aliphatic rings. The van der Waals surface area contributed by atoms with Crippen LogP contribution in [0.15, 0.2) is 48.6 Å². The summed E-state index contributed by atoms with van der Waals surface area (Å²) in [5, 5.41) is 2.48. The van der Waals surface area contributed by atoms with Crippen LogP contribution in [0.5, 0.6) is 0 Å². The highest BCUT2D eigenvalue weighted by molar-refractivity contribution is 6.30. The molecule has 1 aromatic rings. The van der Waals surface area contributed by atoms with Gasteiger partial charge in [-0.3, -0.25) is 4.79 Å². The molecule has 0 spiro atoms. The van der Waals surface area contributed by atoms with E-state index in [2.05, 4.69) is 0 Å². The fourth-order valence-corrected chi connectivity index (χ4v) is 3.19. The molecule has 0 saturated carbocycles. The van der Waals surface area contributed by atoms with Crippen LogP contribution in [0.3, 0.4) is 0 Å². The second-order valence-electron chi connectivity index (χ2n) is 6.24. The Kier molecular flexibility index (Phi) is 6.24. The van der Waals surface area contributed by atoms with Gasteiger partial charge >= 0.3 is 12.2 Å². The molecule has 2 heterocycles. The monoisotopic (exact) mass is 420 g/mol. The van der Waals surface area contributed by atoms with Crippen molar-refractivity contribution in [1.29, 1.82) is 0 Å². The van der Waals surface area contributed by atoms with Gasteiger partial charge in [-0.15, -0.1) is 0 Å². The van der Waals surface area contributed by atoms with Crippen LogP contribution in [0.4, 0.5) is 9.59 Å². The summed E-state index contributed by atoms with van der Waals surface area (Å²) in [5.74, 6) is -0.523. The van der Waals surface area contributed by atoms with Gasteiger partial charge in [0.1, 0.15) is 0 Å². The topological polar surface area (TPSA) is 85.4 Å². The van der Waals surface area contributed by atoms with E-state index in [1.54, 1.807) is 44.2 Å². The van der Waals surface area contributed by atoms with E-state index in [-0.39, 0.29) is 19.8 Å². The van der Waals surface area contributed by atoms with Gasteiger partial charge in [0.25, 0.3) is 0 Å². The zero-order chi connectivity index (χ0) is 21.0. The quantitative estimate of drug-likeness (QED) is 0.678. The molecular formula is C20H21ClN2O6. The molecule has 154 valence electrons. The lowest BCUT2D eigenvalue weighted by atomic mass is 10.1. The molecule has 0 unspecified atom stereocenters. The first-order valence-corrected chi connectivity index (χ1v) is 9.54. The minimum Gasteiger partial charge on any atom is -0.448 e. The summed E-state index contributed by atoms with van der Waals surface area (Å²) in [7, 11) is 0. The summed E-state index contributed by atoms with van der Waals surface area (Å²) < 4.78 is 16.2. The molecule has 4 rings (SSSR count). The van der Waals surface area contributed by atoms with Crippen molar-refractivity contribution in [3.05, 3.63) is 59.2 Å². The van der Waals surface area contributed by atoms with Gasteiger partial charge in [0.2, 0.25) is 11.5 Å². The normalized spacial score (nSPS) is 22.6. The first-order valence-electron chi connectivity index (χ1n) is 9.16. The number of hydrazine groups is 1. The highest BCUT2D eigenvalue weighted by Gasteiger charge is 2.55. The molecule has 0 saturated heterocycles. The first-order chi connectivity index (χ1) is 13.9. The lowest BCUT2D eigenvalue weighted by Crippen LogP contribution is -2.67. The van der Waals surface area contributed by atoms with E-state index in [1.165, 1.54) is 18.2 Å². The lowest BCUT2D eigenvalue weighted by molar-refractivity contribution is -0.195. The number of carbonyl (C=O) groups excluding carboxylic acids is 3. The number of hydrogen-bond acceptors (Lipinski definition) is 6. The van der Waals surface area contributed by atoms with Gasteiger partial charge in [-0.1, -0.05) is 35.9 Å². The minimum absolute atomic E-state index is 0.0155. The number of ketones is 1. The molecule has 9 heteroatoms. The van der Waals surface area contributed by atoms with E-state index in [0.717, 1.165) is 15.6 Å². The summed E-state index contributed by atoms with van der Waals surface area (Å²) >= 11 is 5.91. The van der Waals surface area contributed by atoms with Crippen molar-refractivity contribution in [2.24, 2.45) is 0 Å². The van der Waals surface area contributed by atoms with Gasteiger partial charge in [-0.25, -0.2) is 9.59 Å². The van der Waals surface area contributed by atoms with Crippen LogP contribution in [0.2, 0.25) is 5.02 Å². The summed E-state index contributed by atoms with van der Waals surface area (Å²) in [6.45, 7) is 3.40. The van der Waals surface area contributed by atoms with Crippen LogP contribution in [0.1, 0.15) is 19.4 Å². The van der Waals surface area contributed by atoms with Crippen molar-refractivity contribution >= 4 is 29.6 Å². The molecule has 1 aliphatic carbocycles. The number of amides is 2. The zero-order valence-corrected chi connectivity index (χ0v) is 16.8. The Morgan fingerprint density at radius 3 is 2.38 bits per heavy atom. The number of ether oxygens (including phenoxy) is 3. The molecule has 0 fully saturated rings. The highest BCUT2D eigenvalue weighted by atomic mass is 35.5. The molecule has 1 aromatic carbocycles. The predicted molar refractivity (Wildman–Crippen MR) is 104 cm³/mol. The maximum atomic E-state index is 13.0. The largest absolute Gasteiger partial charge is 0.448 e. The van der Waals surface area contributed by atoms with Crippen LogP contribution >= 0.6 is 11.6 Å². The van der Waals surface area contributed by atoms with E-state index in [0.29, 0.717) is 5.02 Å². The molecular weight excluding hydrogens is 400 g/mol. The maximum absolute atomic E-state index is 13.0. The average Bonchev–Trinajstić information content (AvgIpc) is 2.94. The Balaban J connectivity index is 2.01. The Bertz CT molecular complexity index is 853. The average molecular weight is 421 g/mol. The molecule has 29 heavy (non-hydrogen) atoms. The predicted octanol–water partition coefficient (Wildman–Crippen LogP) is 3.46. The minimum atomic E-state index is -1.89. The van der Waals surface area contributed by atoms with Crippen LogP contribution in [0, 0.1) is 0 Å². The number of nitrogens with zero attached hydrogens (tertiary/aromatic N) is 2. The molecule has 2 aliphatic heterocycles. The van der Waals surface area contributed by atoms with E-state index in [9.17, 15) is 14.4 Å². The standard InChI is InChI=1S/C20H21ClN2O6/c1-3-27-18(25)22-16-9-10-17(24)20(12-11-16,23(22)19(26)28-4-2)29-13-14-5-7-15(21)8-6-14/h5-12,16H,3-4,13H2,1-2H3/t16-,20+/m0/s1. The van der Waals surface area contributed by atoms with Gasteiger partial charge in [0.05, 0.1) is 25.9 Å². The third kappa shape index (κ3) is 3.99. The van der Waals surface area contributed by atoms with Gasteiger partial charge in [-0.2, -0.15) is 10.0 Å². The van der Waals surface area contributed by atoms with Crippen LogP contribution in [-0.2, 0) is 25.6 Å². The van der Waals surface area contributed by atoms with Crippen molar-refractivity contribution < 1.29 is 28.6 Å². The van der Waals surface area contributed by atoms with Crippen molar-refractivity contribution in [2.75, 3.05) is 13.2 Å². The van der Waals surface area contributed by atoms with Gasteiger partial charge < -0.3 is 14.2 Å². The Morgan fingerprint density at radius 1 is 1.07 bits per heavy atom. The van der Waals surface area contributed by atoms with Gasteiger partial charge in [0, 0.05) is 5.02 Å². The van der Waals surface area contributed by atoms with Crippen LogP contribution in [-0.4, -0.2) is 53.0 Å². The second kappa shape index (κ2) is 8.67. The maximum Gasteiger partial charge on any atom is 0.432 e. The van der Waals surface area contributed by atoms with Crippen LogP contribution in [0.25, 0.3) is 0 Å². The molecule has 2 atom stereocenters. The molecule has 0 N–H and O–H groups in total. The Hall–Kier alpha value is -2.84. The Labute approximate surface area is 173 Å². The van der Waals surface area contributed by atoms with E-state index in [1.807, 2.05) is 0 Å². The van der Waals surface area contributed by atoms with Crippen molar-refractivity contribution in [3.63, 3.8) is 0 Å². The van der Waals surface area contributed by atoms with Gasteiger partial charge in [0.15, 0.2) is 0 Å². The number of fused-ring (bicyclic) bond motifs is 2. The van der Waals surface area contributed by atoms with E-state index >= 15 is 0 Å². The molecule has 2 amide bonds. The summed E-state index contributed by atoms with van der Waals surface area (Å²) in [5.41, 5.74) is -1.16. The smallest absolute Gasteiger partial charge is 0.432 e. The number of rotatable bonds is 5. The number of benzene rings is 1. The first kappa shape index (κ1) is 20.9. The van der Waals surface area contributed by atoms with E-state index in [4.69, 9.17) is 25.8 Å². The number of carbonyl (C=O) groups is 3. The molecule has 0 radical (unpaired) electrons. The number of hydrogen-bond donors (Lipinski definition) is 0. The van der Waals surface area contributed by atoms with Crippen molar-refractivity contribution in [1.82, 2.24) is 10.0 Å². The molecule has 0 aromatic heterocycles.